The molecule has 2 nitrogen and oxygen atoms in total. The van der Waals surface area contributed by atoms with Gasteiger partial charge < -0.3 is 10.1 Å². The molecule has 0 aliphatic heterocycles. The van der Waals surface area contributed by atoms with Crippen LogP contribution >= 0.6 is 15.9 Å². The highest BCUT2D eigenvalue weighted by Crippen LogP contribution is 2.32. The molecule has 1 aromatic carbocycles. The van der Waals surface area contributed by atoms with E-state index in [2.05, 4.69) is 40.3 Å². The first-order chi connectivity index (χ1) is 6.70. The Hall–Kier alpha value is -0.540. The number of aryl methyl sites for hydroxylation is 1. The predicted molar refractivity (Wildman–Crippen MR) is 63.1 cm³/mol. The molecular formula is C11H16BrNO. The summed E-state index contributed by atoms with van der Waals surface area (Å²) in [4.78, 5) is 0. The molecule has 1 N–H and O–H groups in total. The van der Waals surface area contributed by atoms with Crippen LogP contribution in [0.25, 0.3) is 0 Å². The Morgan fingerprint density at radius 1 is 1.43 bits per heavy atom. The van der Waals surface area contributed by atoms with E-state index in [1.807, 2.05) is 7.05 Å². The van der Waals surface area contributed by atoms with Crippen LogP contribution in [0.1, 0.15) is 11.1 Å². The lowest BCUT2D eigenvalue weighted by Crippen LogP contribution is -2.11. The van der Waals surface area contributed by atoms with Crippen LogP contribution in [0.3, 0.4) is 0 Å². The van der Waals surface area contributed by atoms with Gasteiger partial charge in [0, 0.05) is 0 Å². The van der Waals surface area contributed by atoms with Gasteiger partial charge in [0.05, 0.1) is 11.6 Å². The van der Waals surface area contributed by atoms with Gasteiger partial charge in [0.1, 0.15) is 5.75 Å². The van der Waals surface area contributed by atoms with Crippen molar-refractivity contribution in [3.8, 4) is 5.75 Å². The third-order valence-electron chi connectivity index (χ3n) is 2.22. The highest BCUT2D eigenvalue weighted by atomic mass is 79.9. The van der Waals surface area contributed by atoms with Crippen molar-refractivity contribution in [2.24, 2.45) is 0 Å². The van der Waals surface area contributed by atoms with E-state index in [4.69, 9.17) is 4.74 Å². The molecule has 1 aromatic rings. The standard InChI is InChI=1S/C11H16BrNO/c1-8-4-5-9(6-7-13-2)11(14-3)10(8)12/h4-5,13H,6-7H2,1-3H3. The molecule has 1 rings (SSSR count). The number of nitrogens with one attached hydrogen (secondary N) is 1. The molecule has 0 fully saturated rings. The fraction of sp³-hybridized carbons (Fsp3) is 0.455. The zero-order chi connectivity index (χ0) is 10.6. The summed E-state index contributed by atoms with van der Waals surface area (Å²) >= 11 is 3.54. The number of likely N-dealkylation sites (N-methyl/N-ethyl adjacent to an activating group) is 1. The van der Waals surface area contributed by atoms with Crippen molar-refractivity contribution in [1.29, 1.82) is 0 Å². The van der Waals surface area contributed by atoms with Crippen LogP contribution in [0.15, 0.2) is 16.6 Å². The van der Waals surface area contributed by atoms with E-state index in [1.165, 1.54) is 11.1 Å². The van der Waals surface area contributed by atoms with E-state index in [9.17, 15) is 0 Å². The normalized spacial score (nSPS) is 10.3. The summed E-state index contributed by atoms with van der Waals surface area (Å²) in [5, 5.41) is 3.13. The quantitative estimate of drug-likeness (QED) is 0.896. The van der Waals surface area contributed by atoms with Gasteiger partial charge in [0.25, 0.3) is 0 Å². The summed E-state index contributed by atoms with van der Waals surface area (Å²) < 4.78 is 6.44. The lowest BCUT2D eigenvalue weighted by molar-refractivity contribution is 0.406. The number of ether oxygens (including phenoxy) is 1. The van der Waals surface area contributed by atoms with E-state index in [0.29, 0.717) is 0 Å². The SMILES string of the molecule is CNCCc1ccc(C)c(Br)c1OC. The molecule has 78 valence electrons. The third-order valence-corrected chi connectivity index (χ3v) is 3.21. The number of hydrogen-bond acceptors (Lipinski definition) is 2. The molecule has 0 aliphatic rings. The molecule has 14 heavy (non-hydrogen) atoms. The maximum absolute atomic E-state index is 5.38. The average molecular weight is 258 g/mol. The molecule has 3 heteroatoms. The zero-order valence-corrected chi connectivity index (χ0v) is 10.4. The Labute approximate surface area is 93.8 Å². The summed E-state index contributed by atoms with van der Waals surface area (Å²) in [5.74, 6) is 0.959. The van der Waals surface area contributed by atoms with E-state index < -0.39 is 0 Å². The first kappa shape index (κ1) is 11.5. The lowest BCUT2D eigenvalue weighted by atomic mass is 10.1. The minimum Gasteiger partial charge on any atom is -0.495 e. The Balaban J connectivity index is 2.98. The van der Waals surface area contributed by atoms with Crippen LogP contribution in [0, 0.1) is 6.92 Å². The third kappa shape index (κ3) is 2.49. The molecule has 0 unspecified atom stereocenters. The fourth-order valence-corrected chi connectivity index (χ4v) is 1.92. The van der Waals surface area contributed by atoms with Gasteiger partial charge in [-0.2, -0.15) is 0 Å². The first-order valence-corrected chi connectivity index (χ1v) is 5.46. The van der Waals surface area contributed by atoms with E-state index in [-0.39, 0.29) is 0 Å². The second-order valence-corrected chi connectivity index (χ2v) is 4.04. The van der Waals surface area contributed by atoms with Gasteiger partial charge in [-0.05, 0) is 54.0 Å². The number of hydrogen-bond donors (Lipinski definition) is 1. The fourth-order valence-electron chi connectivity index (χ4n) is 1.37. The van der Waals surface area contributed by atoms with Gasteiger partial charge >= 0.3 is 0 Å². The van der Waals surface area contributed by atoms with Gasteiger partial charge in [-0.1, -0.05) is 12.1 Å². The Bertz CT molecular complexity index is 312. The minimum atomic E-state index is 0.959. The van der Waals surface area contributed by atoms with Crippen LogP contribution in [0.2, 0.25) is 0 Å². The molecule has 0 saturated heterocycles. The maximum Gasteiger partial charge on any atom is 0.136 e. The summed E-state index contributed by atoms with van der Waals surface area (Å²) in [7, 11) is 3.66. The van der Waals surface area contributed by atoms with Gasteiger partial charge in [0.15, 0.2) is 0 Å². The van der Waals surface area contributed by atoms with Gasteiger partial charge in [-0.25, -0.2) is 0 Å². The molecule has 0 aliphatic carbocycles. The van der Waals surface area contributed by atoms with Crippen LogP contribution < -0.4 is 10.1 Å². The van der Waals surface area contributed by atoms with E-state index >= 15 is 0 Å². The molecule has 0 bridgehead atoms. The van der Waals surface area contributed by atoms with Crippen LogP contribution in [0.5, 0.6) is 5.75 Å². The molecule has 0 spiro atoms. The predicted octanol–water partition coefficient (Wildman–Crippen LogP) is 2.53. The van der Waals surface area contributed by atoms with E-state index in [0.717, 1.165) is 23.2 Å². The summed E-state index contributed by atoms with van der Waals surface area (Å²) in [5.41, 5.74) is 2.44. The number of rotatable bonds is 4. The van der Waals surface area contributed by atoms with Gasteiger partial charge in [-0.15, -0.1) is 0 Å². The highest BCUT2D eigenvalue weighted by molar-refractivity contribution is 9.10. The lowest BCUT2D eigenvalue weighted by Gasteiger charge is -2.12. The van der Waals surface area contributed by atoms with Crippen molar-refractivity contribution >= 4 is 15.9 Å². The number of methoxy groups -OCH3 is 1. The molecule has 0 atom stereocenters. The second kappa shape index (κ2) is 5.37. The molecule has 0 radical (unpaired) electrons. The second-order valence-electron chi connectivity index (χ2n) is 3.24. The molecule has 0 heterocycles. The van der Waals surface area contributed by atoms with Crippen molar-refractivity contribution in [3.63, 3.8) is 0 Å². The van der Waals surface area contributed by atoms with Gasteiger partial charge in [-0.3, -0.25) is 0 Å². The van der Waals surface area contributed by atoms with Gasteiger partial charge in [0.2, 0.25) is 0 Å². The largest absolute Gasteiger partial charge is 0.495 e. The highest BCUT2D eigenvalue weighted by Gasteiger charge is 2.08. The molecule has 0 saturated carbocycles. The first-order valence-electron chi connectivity index (χ1n) is 4.67. The molecule has 0 aromatic heterocycles. The van der Waals surface area contributed by atoms with Crippen molar-refractivity contribution in [2.45, 2.75) is 13.3 Å². The number of benzene rings is 1. The minimum absolute atomic E-state index is 0.959. The maximum atomic E-state index is 5.38. The summed E-state index contributed by atoms with van der Waals surface area (Å²) in [6.07, 6.45) is 0.985. The smallest absolute Gasteiger partial charge is 0.136 e. The summed E-state index contributed by atoms with van der Waals surface area (Å²) in [6, 6.07) is 4.23. The monoisotopic (exact) mass is 257 g/mol. The summed E-state index contributed by atoms with van der Waals surface area (Å²) in [6.45, 7) is 3.03. The Morgan fingerprint density at radius 2 is 2.14 bits per heavy atom. The Kier molecular flexibility index (Phi) is 4.42. The van der Waals surface area contributed by atoms with Crippen molar-refractivity contribution < 1.29 is 4.74 Å². The van der Waals surface area contributed by atoms with E-state index in [1.54, 1.807) is 7.11 Å². The molecular weight excluding hydrogens is 242 g/mol. The topological polar surface area (TPSA) is 21.3 Å². The van der Waals surface area contributed by atoms with Crippen molar-refractivity contribution in [3.05, 3.63) is 27.7 Å². The van der Waals surface area contributed by atoms with Crippen LogP contribution in [0.4, 0.5) is 0 Å². The van der Waals surface area contributed by atoms with Crippen LogP contribution in [-0.4, -0.2) is 20.7 Å². The average Bonchev–Trinajstić information content (AvgIpc) is 2.20. The number of halogens is 1. The zero-order valence-electron chi connectivity index (χ0n) is 8.86. The van der Waals surface area contributed by atoms with Crippen molar-refractivity contribution in [1.82, 2.24) is 5.32 Å². The Morgan fingerprint density at radius 3 is 2.71 bits per heavy atom. The van der Waals surface area contributed by atoms with Crippen LogP contribution in [-0.2, 0) is 6.42 Å². The molecule has 0 amide bonds. The van der Waals surface area contributed by atoms with Crippen molar-refractivity contribution in [2.75, 3.05) is 20.7 Å².